The van der Waals surface area contributed by atoms with Gasteiger partial charge in [-0.1, -0.05) is 0 Å². The molecule has 10 heteroatoms. The summed E-state index contributed by atoms with van der Waals surface area (Å²) in [7, 11) is 0. The van der Waals surface area contributed by atoms with Crippen LogP contribution >= 0.6 is 0 Å². The summed E-state index contributed by atoms with van der Waals surface area (Å²) in [6, 6.07) is 0. The molecule has 0 saturated carbocycles. The minimum atomic E-state index is -0.910. The molecule has 0 bridgehead atoms. The molecule has 0 atom stereocenters. The first-order valence-electron chi connectivity index (χ1n) is 12.3. The number of nitrogens with one attached hydrogen (secondary N) is 2. The Balaban J connectivity index is 2.17. The van der Waals surface area contributed by atoms with Crippen LogP contribution in [0.3, 0.4) is 0 Å². The molecular weight excluding hydrogens is 468 g/mol. The molecule has 4 N–H and O–H groups in total. The van der Waals surface area contributed by atoms with Crippen LogP contribution in [0, 0.1) is 13.8 Å². The van der Waals surface area contributed by atoms with Gasteiger partial charge in [0.1, 0.15) is 11.4 Å². The van der Waals surface area contributed by atoms with Gasteiger partial charge in [0.15, 0.2) is 0 Å². The zero-order chi connectivity index (χ0) is 26.8. The number of hydrogen-bond donors (Lipinski definition) is 4. The number of carbonyl (C=O) groups is 4. The summed E-state index contributed by atoms with van der Waals surface area (Å²) < 4.78 is 10.2. The first kappa shape index (κ1) is 28.7. The fraction of sp³-hybridized carbons (Fsp3) is 0.538. The van der Waals surface area contributed by atoms with E-state index in [-0.39, 0.29) is 26.1 Å². The molecule has 0 unspecified atom stereocenters. The zero-order valence-electron chi connectivity index (χ0n) is 21.4. The van der Waals surface area contributed by atoms with E-state index in [1.165, 1.54) is 0 Å². The van der Waals surface area contributed by atoms with Gasteiger partial charge in [0.25, 0.3) is 0 Å². The lowest BCUT2D eigenvalue weighted by molar-refractivity contribution is -0.138. The zero-order valence-corrected chi connectivity index (χ0v) is 21.4. The lowest BCUT2D eigenvalue weighted by atomic mass is 9.99. The van der Waals surface area contributed by atoms with E-state index in [2.05, 4.69) is 9.97 Å². The van der Waals surface area contributed by atoms with Crippen LogP contribution in [0.5, 0.6) is 0 Å². The minimum absolute atomic E-state index is 0.0424. The fourth-order valence-corrected chi connectivity index (χ4v) is 4.38. The van der Waals surface area contributed by atoms with E-state index < -0.39 is 23.9 Å². The summed E-state index contributed by atoms with van der Waals surface area (Å²) in [4.78, 5) is 53.2. The quantitative estimate of drug-likeness (QED) is 0.210. The van der Waals surface area contributed by atoms with Crippen molar-refractivity contribution in [3.63, 3.8) is 0 Å². The highest BCUT2D eigenvalue weighted by atomic mass is 16.5. The number of unbranched alkanes of at least 4 members (excludes halogenated alkanes) is 1. The van der Waals surface area contributed by atoms with E-state index in [1.807, 2.05) is 0 Å². The molecule has 0 aliphatic rings. The van der Waals surface area contributed by atoms with Gasteiger partial charge in [-0.2, -0.15) is 0 Å². The molecule has 0 aliphatic heterocycles. The Morgan fingerprint density at radius 1 is 0.667 bits per heavy atom. The number of carboxylic acid groups (broad SMARTS) is 2. The molecular formula is C26H36N2O8. The predicted molar refractivity (Wildman–Crippen MR) is 132 cm³/mol. The number of rotatable bonds is 15. The Morgan fingerprint density at radius 3 is 1.33 bits per heavy atom. The number of aromatic nitrogens is 2. The normalized spacial score (nSPS) is 10.9. The van der Waals surface area contributed by atoms with Crippen molar-refractivity contribution in [1.29, 1.82) is 0 Å². The molecule has 2 aromatic rings. The molecule has 36 heavy (non-hydrogen) atoms. The topological polar surface area (TPSA) is 159 Å². The van der Waals surface area contributed by atoms with Gasteiger partial charge in [0, 0.05) is 24.2 Å². The van der Waals surface area contributed by atoms with Crippen LogP contribution in [0.4, 0.5) is 0 Å². The van der Waals surface area contributed by atoms with Crippen molar-refractivity contribution in [2.24, 2.45) is 0 Å². The third-order valence-electron chi connectivity index (χ3n) is 6.18. The molecule has 0 radical (unpaired) electrons. The second-order valence-corrected chi connectivity index (χ2v) is 8.60. The maximum atomic E-state index is 12.3. The monoisotopic (exact) mass is 504 g/mol. The standard InChI is InChI=1S/C26H36N2O8/c1-5-35-25(33)23-15(3)17(11-13-21(29)30)19(27-23)9-7-8-10-20-18(12-14-22(31)32)16(4)24(28-20)26(34)36-6-2/h27-28H,5-14H2,1-4H3,(H,29,30)(H,31,32). The van der Waals surface area contributed by atoms with Crippen molar-refractivity contribution in [2.45, 2.75) is 79.1 Å². The first-order valence-corrected chi connectivity index (χ1v) is 12.3. The Labute approximate surface area is 210 Å². The van der Waals surface area contributed by atoms with Crippen LogP contribution in [0.1, 0.15) is 94.1 Å². The van der Waals surface area contributed by atoms with Crippen molar-refractivity contribution in [2.75, 3.05) is 13.2 Å². The van der Waals surface area contributed by atoms with Crippen LogP contribution in [0.25, 0.3) is 0 Å². The number of carboxylic acids is 2. The molecule has 0 aliphatic carbocycles. The highest BCUT2D eigenvalue weighted by Crippen LogP contribution is 2.25. The molecule has 2 aromatic heterocycles. The van der Waals surface area contributed by atoms with Crippen LogP contribution in [0.2, 0.25) is 0 Å². The van der Waals surface area contributed by atoms with Crippen LogP contribution in [-0.2, 0) is 44.7 Å². The Morgan fingerprint density at radius 2 is 1.03 bits per heavy atom. The van der Waals surface area contributed by atoms with Crippen molar-refractivity contribution in [1.82, 2.24) is 9.97 Å². The number of carbonyl (C=O) groups excluding carboxylic acids is 2. The van der Waals surface area contributed by atoms with E-state index in [1.54, 1.807) is 27.7 Å². The van der Waals surface area contributed by atoms with Gasteiger partial charge < -0.3 is 29.7 Å². The number of ether oxygens (including phenoxy) is 2. The molecule has 0 aromatic carbocycles. The molecule has 0 spiro atoms. The summed E-state index contributed by atoms with van der Waals surface area (Å²) in [5.41, 5.74) is 5.39. The summed E-state index contributed by atoms with van der Waals surface area (Å²) >= 11 is 0. The van der Waals surface area contributed by atoms with Gasteiger partial charge in [-0.05, 0) is 88.5 Å². The second-order valence-electron chi connectivity index (χ2n) is 8.60. The van der Waals surface area contributed by atoms with Crippen LogP contribution in [-0.4, -0.2) is 57.3 Å². The SMILES string of the molecule is CCOC(=O)c1[nH]c(CCCCc2[nH]c(C(=O)OCC)c(C)c2CCC(=O)O)c(CCC(=O)O)c1C. The summed E-state index contributed by atoms with van der Waals surface area (Å²) in [6.45, 7) is 7.51. The van der Waals surface area contributed by atoms with Crippen LogP contribution in [0.15, 0.2) is 0 Å². The number of hydrogen-bond acceptors (Lipinski definition) is 6. The van der Waals surface area contributed by atoms with Crippen molar-refractivity contribution >= 4 is 23.9 Å². The molecule has 0 amide bonds. The number of aryl methyl sites for hydroxylation is 2. The van der Waals surface area contributed by atoms with Crippen LogP contribution < -0.4 is 0 Å². The predicted octanol–water partition coefficient (Wildman–Crippen LogP) is 3.91. The van der Waals surface area contributed by atoms with Gasteiger partial charge >= 0.3 is 23.9 Å². The lowest BCUT2D eigenvalue weighted by Gasteiger charge is -2.06. The maximum Gasteiger partial charge on any atom is 0.355 e. The van der Waals surface area contributed by atoms with E-state index in [0.717, 1.165) is 35.4 Å². The van der Waals surface area contributed by atoms with E-state index in [4.69, 9.17) is 19.7 Å². The number of aliphatic carboxylic acids is 2. The van der Waals surface area contributed by atoms with Crippen molar-refractivity contribution in [3.8, 4) is 0 Å². The smallest absolute Gasteiger partial charge is 0.355 e. The number of esters is 2. The van der Waals surface area contributed by atoms with Gasteiger partial charge in [0.05, 0.1) is 13.2 Å². The minimum Gasteiger partial charge on any atom is -0.481 e. The summed E-state index contributed by atoms with van der Waals surface area (Å²) in [5.74, 6) is -2.75. The molecule has 198 valence electrons. The highest BCUT2D eigenvalue weighted by Gasteiger charge is 2.22. The van der Waals surface area contributed by atoms with E-state index >= 15 is 0 Å². The molecule has 2 heterocycles. The summed E-state index contributed by atoms with van der Waals surface area (Å²) in [5, 5.41) is 18.2. The third kappa shape index (κ3) is 7.47. The Bertz CT molecular complexity index is 1010. The van der Waals surface area contributed by atoms with Gasteiger partial charge in [-0.15, -0.1) is 0 Å². The van der Waals surface area contributed by atoms with E-state index in [0.29, 0.717) is 48.2 Å². The lowest BCUT2D eigenvalue weighted by Crippen LogP contribution is -2.07. The van der Waals surface area contributed by atoms with Crippen molar-refractivity contribution in [3.05, 3.63) is 45.0 Å². The van der Waals surface area contributed by atoms with Gasteiger partial charge in [-0.25, -0.2) is 9.59 Å². The number of H-pyrrole nitrogens is 2. The second kappa shape index (κ2) is 13.5. The average molecular weight is 505 g/mol. The molecule has 2 rings (SSSR count). The fourth-order valence-electron chi connectivity index (χ4n) is 4.38. The molecule has 0 saturated heterocycles. The van der Waals surface area contributed by atoms with Gasteiger partial charge in [-0.3, -0.25) is 9.59 Å². The molecule has 10 nitrogen and oxygen atoms in total. The average Bonchev–Trinajstić information content (AvgIpc) is 3.30. The maximum absolute atomic E-state index is 12.3. The first-order chi connectivity index (χ1) is 17.1. The Kier molecular flexibility index (Phi) is 10.8. The number of aromatic amines is 2. The van der Waals surface area contributed by atoms with Gasteiger partial charge in [0.2, 0.25) is 0 Å². The third-order valence-corrected chi connectivity index (χ3v) is 6.18. The van der Waals surface area contributed by atoms with E-state index in [9.17, 15) is 19.2 Å². The summed E-state index contributed by atoms with van der Waals surface area (Å²) in [6.07, 6.45) is 3.20. The largest absolute Gasteiger partial charge is 0.481 e. The highest BCUT2D eigenvalue weighted by molar-refractivity contribution is 5.90. The Hall–Kier alpha value is -3.56. The van der Waals surface area contributed by atoms with Crippen molar-refractivity contribution < 1.29 is 38.9 Å². The molecule has 0 fully saturated rings.